The highest BCUT2D eigenvalue weighted by Gasteiger charge is 2.26. The molecule has 1 aromatic carbocycles. The number of pyridine rings is 1. The third-order valence-corrected chi connectivity index (χ3v) is 4.25. The van der Waals surface area contributed by atoms with Crippen molar-refractivity contribution in [3.63, 3.8) is 0 Å². The lowest BCUT2D eigenvalue weighted by molar-refractivity contribution is -0.138. The van der Waals surface area contributed by atoms with Crippen molar-refractivity contribution in [2.24, 2.45) is 0 Å². The minimum Gasteiger partial charge on any atom is -0.496 e. The summed E-state index contributed by atoms with van der Waals surface area (Å²) in [5.74, 6) is 0.846. The van der Waals surface area contributed by atoms with E-state index in [2.05, 4.69) is 4.98 Å². The number of aryl methyl sites for hydroxylation is 1. The van der Waals surface area contributed by atoms with E-state index in [1.165, 1.54) is 0 Å². The molecule has 126 valence electrons. The van der Waals surface area contributed by atoms with E-state index in [-0.39, 0.29) is 12.0 Å². The van der Waals surface area contributed by atoms with E-state index in [0.29, 0.717) is 26.1 Å². The zero-order valence-corrected chi connectivity index (χ0v) is 14.1. The van der Waals surface area contributed by atoms with Gasteiger partial charge in [-0.25, -0.2) is 0 Å². The Bertz CT molecular complexity index is 717. The number of benzene rings is 1. The molecule has 5 nitrogen and oxygen atoms in total. The van der Waals surface area contributed by atoms with Crippen LogP contribution in [0.2, 0.25) is 0 Å². The van der Waals surface area contributed by atoms with Gasteiger partial charge in [0.05, 0.1) is 26.7 Å². The van der Waals surface area contributed by atoms with Gasteiger partial charge in [0.15, 0.2) is 0 Å². The van der Waals surface area contributed by atoms with Crippen LogP contribution < -0.4 is 4.74 Å². The molecule has 1 aliphatic rings. The zero-order valence-electron chi connectivity index (χ0n) is 14.1. The molecule has 0 saturated carbocycles. The molecule has 1 saturated heterocycles. The SMILES string of the molecule is COc1ccccc1CC(=O)N1CCOC(c2ccnc(C)c2)C1. The Morgan fingerprint density at radius 2 is 2.21 bits per heavy atom. The molecule has 1 amide bonds. The van der Waals surface area contributed by atoms with E-state index < -0.39 is 0 Å². The first kappa shape index (κ1) is 16.5. The minimum atomic E-state index is -0.0953. The zero-order chi connectivity index (χ0) is 16.9. The van der Waals surface area contributed by atoms with Gasteiger partial charge in [0, 0.05) is 24.0 Å². The summed E-state index contributed by atoms with van der Waals surface area (Å²) in [4.78, 5) is 18.8. The molecular formula is C19H22N2O3. The number of hydrogen-bond donors (Lipinski definition) is 0. The van der Waals surface area contributed by atoms with Gasteiger partial charge in [0.25, 0.3) is 0 Å². The smallest absolute Gasteiger partial charge is 0.227 e. The van der Waals surface area contributed by atoms with Crippen molar-refractivity contribution in [2.45, 2.75) is 19.4 Å². The van der Waals surface area contributed by atoms with Gasteiger partial charge >= 0.3 is 0 Å². The van der Waals surface area contributed by atoms with Crippen LogP contribution in [0.1, 0.15) is 22.9 Å². The molecule has 2 aromatic rings. The van der Waals surface area contributed by atoms with E-state index in [0.717, 1.165) is 22.6 Å². The van der Waals surface area contributed by atoms with E-state index >= 15 is 0 Å². The van der Waals surface area contributed by atoms with Crippen LogP contribution in [0.15, 0.2) is 42.6 Å². The van der Waals surface area contributed by atoms with E-state index in [9.17, 15) is 4.79 Å². The van der Waals surface area contributed by atoms with Crippen molar-refractivity contribution in [1.82, 2.24) is 9.88 Å². The summed E-state index contributed by atoms with van der Waals surface area (Å²) < 4.78 is 11.2. The third kappa shape index (κ3) is 3.74. The van der Waals surface area contributed by atoms with Crippen LogP contribution in [0.25, 0.3) is 0 Å². The van der Waals surface area contributed by atoms with Gasteiger partial charge in [-0.3, -0.25) is 9.78 Å². The Labute approximate surface area is 142 Å². The monoisotopic (exact) mass is 326 g/mol. The number of carbonyl (C=O) groups excluding carboxylic acids is 1. The van der Waals surface area contributed by atoms with Gasteiger partial charge in [0.2, 0.25) is 5.91 Å². The van der Waals surface area contributed by atoms with Gasteiger partial charge in [0.1, 0.15) is 11.9 Å². The summed E-state index contributed by atoms with van der Waals surface area (Å²) in [6, 6.07) is 11.6. The van der Waals surface area contributed by atoms with E-state index in [1.54, 1.807) is 13.3 Å². The first-order chi connectivity index (χ1) is 11.7. The molecule has 1 atom stereocenters. The number of para-hydroxylation sites is 1. The van der Waals surface area contributed by atoms with Crippen molar-refractivity contribution in [3.8, 4) is 5.75 Å². The normalized spacial score (nSPS) is 17.6. The van der Waals surface area contributed by atoms with E-state index in [4.69, 9.17) is 9.47 Å². The maximum absolute atomic E-state index is 12.7. The summed E-state index contributed by atoms with van der Waals surface area (Å²) >= 11 is 0. The molecule has 1 aliphatic heterocycles. The molecule has 5 heteroatoms. The van der Waals surface area contributed by atoms with Gasteiger partial charge in [-0.05, 0) is 30.7 Å². The lowest BCUT2D eigenvalue weighted by Crippen LogP contribution is -2.43. The van der Waals surface area contributed by atoms with Crippen molar-refractivity contribution in [1.29, 1.82) is 0 Å². The molecule has 0 N–H and O–H groups in total. The Balaban J connectivity index is 1.69. The summed E-state index contributed by atoms with van der Waals surface area (Å²) in [6.07, 6.45) is 2.03. The average molecular weight is 326 g/mol. The third-order valence-electron chi connectivity index (χ3n) is 4.25. The molecule has 1 fully saturated rings. The molecule has 0 spiro atoms. The molecule has 2 heterocycles. The fraction of sp³-hybridized carbons (Fsp3) is 0.368. The second kappa shape index (κ2) is 7.45. The minimum absolute atomic E-state index is 0.0953. The standard InChI is InChI=1S/C19H22N2O3/c1-14-11-16(7-8-20-14)18-13-21(9-10-24-18)19(22)12-15-5-3-4-6-17(15)23-2/h3-8,11,18H,9-10,12-13H2,1-2H3. The summed E-state index contributed by atoms with van der Waals surface area (Å²) in [7, 11) is 1.62. The lowest BCUT2D eigenvalue weighted by Gasteiger charge is -2.33. The fourth-order valence-corrected chi connectivity index (χ4v) is 2.97. The number of nitrogens with zero attached hydrogens (tertiary/aromatic N) is 2. The predicted molar refractivity (Wildman–Crippen MR) is 90.9 cm³/mol. The fourth-order valence-electron chi connectivity index (χ4n) is 2.97. The Kier molecular flexibility index (Phi) is 5.11. The highest BCUT2D eigenvalue weighted by Crippen LogP contribution is 2.24. The van der Waals surface area contributed by atoms with Crippen LogP contribution in [0, 0.1) is 6.92 Å². The maximum Gasteiger partial charge on any atom is 0.227 e. The molecule has 1 aromatic heterocycles. The van der Waals surface area contributed by atoms with Crippen LogP contribution in [-0.2, 0) is 16.0 Å². The lowest BCUT2D eigenvalue weighted by atomic mass is 10.1. The second-order valence-corrected chi connectivity index (χ2v) is 5.92. The van der Waals surface area contributed by atoms with Crippen molar-refractivity contribution < 1.29 is 14.3 Å². The molecule has 0 aliphatic carbocycles. The van der Waals surface area contributed by atoms with Crippen molar-refractivity contribution in [2.75, 3.05) is 26.8 Å². The first-order valence-electron chi connectivity index (χ1n) is 8.11. The highest BCUT2D eigenvalue weighted by molar-refractivity contribution is 5.79. The first-order valence-corrected chi connectivity index (χ1v) is 8.11. The van der Waals surface area contributed by atoms with Crippen LogP contribution in [0.3, 0.4) is 0 Å². The van der Waals surface area contributed by atoms with Crippen LogP contribution in [0.5, 0.6) is 5.75 Å². The summed E-state index contributed by atoms with van der Waals surface area (Å²) in [5.41, 5.74) is 2.93. The number of amides is 1. The van der Waals surface area contributed by atoms with E-state index in [1.807, 2.05) is 48.2 Å². The van der Waals surface area contributed by atoms with Crippen LogP contribution >= 0.6 is 0 Å². The molecule has 3 rings (SSSR count). The second-order valence-electron chi connectivity index (χ2n) is 5.92. The molecule has 1 unspecified atom stereocenters. The quantitative estimate of drug-likeness (QED) is 0.866. The summed E-state index contributed by atoms with van der Waals surface area (Å²) in [5, 5.41) is 0. The van der Waals surface area contributed by atoms with Gasteiger partial charge in [-0.2, -0.15) is 0 Å². The summed E-state index contributed by atoms with van der Waals surface area (Å²) in [6.45, 7) is 3.69. The number of rotatable bonds is 4. The van der Waals surface area contributed by atoms with Gasteiger partial charge in [-0.15, -0.1) is 0 Å². The molecule has 24 heavy (non-hydrogen) atoms. The van der Waals surface area contributed by atoms with Crippen molar-refractivity contribution in [3.05, 3.63) is 59.4 Å². The number of ether oxygens (including phenoxy) is 2. The highest BCUT2D eigenvalue weighted by atomic mass is 16.5. The van der Waals surface area contributed by atoms with Gasteiger partial charge < -0.3 is 14.4 Å². The number of morpholine rings is 1. The Morgan fingerprint density at radius 1 is 1.38 bits per heavy atom. The maximum atomic E-state index is 12.7. The predicted octanol–water partition coefficient (Wildman–Crippen LogP) is 2.54. The number of carbonyl (C=O) groups is 1. The van der Waals surface area contributed by atoms with Crippen LogP contribution in [-0.4, -0.2) is 42.6 Å². The Hall–Kier alpha value is -2.40. The number of aromatic nitrogens is 1. The molecule has 0 radical (unpaired) electrons. The van der Waals surface area contributed by atoms with Crippen LogP contribution in [0.4, 0.5) is 0 Å². The number of methoxy groups -OCH3 is 1. The Morgan fingerprint density at radius 3 is 3.00 bits per heavy atom. The molecular weight excluding hydrogens is 304 g/mol. The topological polar surface area (TPSA) is 51.7 Å². The average Bonchev–Trinajstić information content (AvgIpc) is 2.62. The van der Waals surface area contributed by atoms with Crippen molar-refractivity contribution >= 4 is 5.91 Å². The largest absolute Gasteiger partial charge is 0.496 e. The number of hydrogen-bond acceptors (Lipinski definition) is 4. The van der Waals surface area contributed by atoms with Gasteiger partial charge in [-0.1, -0.05) is 18.2 Å². The molecule has 0 bridgehead atoms.